The monoisotopic (exact) mass is 351 g/mol. The van der Waals surface area contributed by atoms with Crippen LogP contribution in [0, 0.1) is 5.41 Å². The summed E-state index contributed by atoms with van der Waals surface area (Å²) in [7, 11) is 0. The zero-order chi connectivity index (χ0) is 19.3. The van der Waals surface area contributed by atoms with Crippen molar-refractivity contribution >= 4 is 12.1 Å². The SMILES string of the molecule is CC(C)(C)COc1ccc(C[C@H](NC(=O)OC(C)(C)C)C(=O)O)cc1. The molecule has 1 aromatic carbocycles. The maximum absolute atomic E-state index is 11.8. The first-order chi connectivity index (χ1) is 11.4. The van der Waals surface area contributed by atoms with Crippen molar-refractivity contribution in [3.63, 3.8) is 0 Å². The van der Waals surface area contributed by atoms with Crippen molar-refractivity contribution in [2.24, 2.45) is 5.41 Å². The van der Waals surface area contributed by atoms with Gasteiger partial charge >= 0.3 is 12.1 Å². The van der Waals surface area contributed by atoms with Crippen molar-refractivity contribution in [2.75, 3.05) is 6.61 Å². The van der Waals surface area contributed by atoms with Crippen molar-refractivity contribution in [1.82, 2.24) is 5.32 Å². The number of alkyl carbamates (subject to hydrolysis) is 1. The lowest BCUT2D eigenvalue weighted by Gasteiger charge is -2.22. The summed E-state index contributed by atoms with van der Waals surface area (Å²) >= 11 is 0. The summed E-state index contributed by atoms with van der Waals surface area (Å²) in [5.41, 5.74) is 0.162. The van der Waals surface area contributed by atoms with Crippen LogP contribution in [0.15, 0.2) is 24.3 Å². The van der Waals surface area contributed by atoms with Crippen LogP contribution in [0.1, 0.15) is 47.1 Å². The highest BCUT2D eigenvalue weighted by atomic mass is 16.6. The second kappa shape index (κ2) is 8.23. The van der Waals surface area contributed by atoms with Gasteiger partial charge in [0.25, 0.3) is 0 Å². The predicted molar refractivity (Wildman–Crippen MR) is 95.9 cm³/mol. The van der Waals surface area contributed by atoms with Crippen molar-refractivity contribution in [1.29, 1.82) is 0 Å². The van der Waals surface area contributed by atoms with Crippen molar-refractivity contribution in [3.8, 4) is 5.75 Å². The van der Waals surface area contributed by atoms with E-state index in [-0.39, 0.29) is 11.8 Å². The minimum atomic E-state index is -1.11. The molecule has 140 valence electrons. The number of carbonyl (C=O) groups excluding carboxylic acids is 1. The molecule has 0 aliphatic rings. The molecule has 6 heteroatoms. The molecule has 1 aromatic rings. The van der Waals surface area contributed by atoms with E-state index >= 15 is 0 Å². The molecular weight excluding hydrogens is 322 g/mol. The molecule has 0 aliphatic heterocycles. The van der Waals surface area contributed by atoms with Crippen LogP contribution in [0.3, 0.4) is 0 Å². The number of carboxylic acid groups (broad SMARTS) is 1. The standard InChI is InChI=1S/C19H29NO5/c1-18(2,3)12-24-14-9-7-13(8-10-14)11-15(16(21)22)20-17(23)25-19(4,5)6/h7-10,15H,11-12H2,1-6H3,(H,20,23)(H,21,22)/t15-/m0/s1. The maximum Gasteiger partial charge on any atom is 0.408 e. The molecule has 0 bridgehead atoms. The molecule has 1 amide bonds. The zero-order valence-electron chi connectivity index (χ0n) is 15.9. The first kappa shape index (κ1) is 20.8. The van der Waals surface area contributed by atoms with E-state index in [4.69, 9.17) is 9.47 Å². The number of ether oxygens (including phenoxy) is 2. The highest BCUT2D eigenvalue weighted by Crippen LogP contribution is 2.19. The molecule has 0 fully saturated rings. The van der Waals surface area contributed by atoms with Gasteiger partial charge < -0.3 is 19.9 Å². The fraction of sp³-hybridized carbons (Fsp3) is 0.579. The van der Waals surface area contributed by atoms with E-state index in [9.17, 15) is 14.7 Å². The molecular formula is C19H29NO5. The van der Waals surface area contributed by atoms with E-state index in [1.54, 1.807) is 45.0 Å². The molecule has 0 spiro atoms. The number of nitrogens with one attached hydrogen (secondary N) is 1. The highest BCUT2D eigenvalue weighted by Gasteiger charge is 2.24. The van der Waals surface area contributed by atoms with Gasteiger partial charge in [-0.3, -0.25) is 0 Å². The van der Waals surface area contributed by atoms with Gasteiger partial charge in [0.15, 0.2) is 0 Å². The molecule has 0 aliphatic carbocycles. The molecule has 0 unspecified atom stereocenters. The topological polar surface area (TPSA) is 84.9 Å². The molecule has 0 saturated carbocycles. The summed E-state index contributed by atoms with van der Waals surface area (Å²) in [6.45, 7) is 12.0. The number of rotatable bonds is 6. The van der Waals surface area contributed by atoms with E-state index in [1.165, 1.54) is 0 Å². The Morgan fingerprint density at radius 1 is 1.08 bits per heavy atom. The van der Waals surface area contributed by atoms with Gasteiger partial charge in [-0.15, -0.1) is 0 Å². The van der Waals surface area contributed by atoms with Gasteiger partial charge in [0, 0.05) is 6.42 Å². The molecule has 0 aromatic heterocycles. The van der Waals surface area contributed by atoms with E-state index < -0.39 is 23.7 Å². The van der Waals surface area contributed by atoms with Crippen molar-refractivity contribution in [2.45, 2.75) is 59.6 Å². The molecule has 0 saturated heterocycles. The van der Waals surface area contributed by atoms with Crippen LogP contribution in [0.25, 0.3) is 0 Å². The number of carbonyl (C=O) groups is 2. The van der Waals surface area contributed by atoms with E-state index in [0.29, 0.717) is 6.61 Å². The summed E-state index contributed by atoms with van der Waals surface area (Å²) in [6, 6.07) is 6.13. The summed E-state index contributed by atoms with van der Waals surface area (Å²) in [5.74, 6) is -0.385. The molecule has 2 N–H and O–H groups in total. The van der Waals surface area contributed by atoms with Crippen LogP contribution < -0.4 is 10.1 Å². The molecule has 1 atom stereocenters. The van der Waals surface area contributed by atoms with Crippen LogP contribution in [-0.2, 0) is 16.0 Å². The summed E-state index contributed by atoms with van der Waals surface area (Å²) in [6.07, 6.45) is -0.585. The Morgan fingerprint density at radius 3 is 2.08 bits per heavy atom. The van der Waals surface area contributed by atoms with Gasteiger partial charge in [-0.25, -0.2) is 9.59 Å². The van der Waals surface area contributed by atoms with Crippen LogP contribution in [0.5, 0.6) is 5.75 Å². The number of carboxylic acids is 1. The molecule has 25 heavy (non-hydrogen) atoms. The van der Waals surface area contributed by atoms with Gasteiger partial charge in [-0.05, 0) is 43.9 Å². The number of hydrogen-bond acceptors (Lipinski definition) is 4. The van der Waals surface area contributed by atoms with E-state index in [0.717, 1.165) is 11.3 Å². The smallest absolute Gasteiger partial charge is 0.408 e. The Morgan fingerprint density at radius 2 is 1.64 bits per heavy atom. The van der Waals surface area contributed by atoms with Crippen LogP contribution >= 0.6 is 0 Å². The minimum absolute atomic E-state index is 0.0599. The lowest BCUT2D eigenvalue weighted by molar-refractivity contribution is -0.139. The third kappa shape index (κ3) is 8.98. The van der Waals surface area contributed by atoms with Crippen LogP contribution in [-0.4, -0.2) is 35.4 Å². The highest BCUT2D eigenvalue weighted by molar-refractivity contribution is 5.80. The van der Waals surface area contributed by atoms with Gasteiger partial charge in [0.1, 0.15) is 17.4 Å². The number of benzene rings is 1. The molecule has 0 heterocycles. The van der Waals surface area contributed by atoms with Crippen LogP contribution in [0.2, 0.25) is 0 Å². The number of aliphatic carboxylic acids is 1. The van der Waals surface area contributed by atoms with Crippen molar-refractivity contribution in [3.05, 3.63) is 29.8 Å². The molecule has 6 nitrogen and oxygen atoms in total. The fourth-order valence-corrected chi connectivity index (χ4v) is 1.91. The van der Waals surface area contributed by atoms with Crippen molar-refractivity contribution < 1.29 is 24.2 Å². The predicted octanol–water partition coefficient (Wildman–Crippen LogP) is 3.63. The van der Waals surface area contributed by atoms with Crippen LogP contribution in [0.4, 0.5) is 4.79 Å². The van der Waals surface area contributed by atoms with E-state index in [2.05, 4.69) is 26.1 Å². The lowest BCUT2D eigenvalue weighted by Crippen LogP contribution is -2.44. The first-order valence-electron chi connectivity index (χ1n) is 8.30. The lowest BCUT2D eigenvalue weighted by atomic mass is 9.99. The quantitative estimate of drug-likeness (QED) is 0.817. The third-order valence-electron chi connectivity index (χ3n) is 3.02. The summed E-state index contributed by atoms with van der Waals surface area (Å²) < 4.78 is 10.8. The first-order valence-corrected chi connectivity index (χ1v) is 8.30. The zero-order valence-corrected chi connectivity index (χ0v) is 15.9. The van der Waals surface area contributed by atoms with Gasteiger partial charge in [0.05, 0.1) is 6.61 Å². The van der Waals surface area contributed by atoms with Gasteiger partial charge in [-0.1, -0.05) is 32.9 Å². The molecule has 0 radical (unpaired) electrons. The summed E-state index contributed by atoms with van der Waals surface area (Å²) in [4.78, 5) is 23.2. The molecule has 1 rings (SSSR count). The second-order valence-electron chi connectivity index (χ2n) is 8.23. The van der Waals surface area contributed by atoms with Gasteiger partial charge in [0.2, 0.25) is 0 Å². The minimum Gasteiger partial charge on any atom is -0.493 e. The Labute approximate surface area is 149 Å². The Balaban J connectivity index is 2.66. The van der Waals surface area contributed by atoms with E-state index in [1.807, 2.05) is 0 Å². The number of hydrogen-bond donors (Lipinski definition) is 2. The Kier molecular flexibility index (Phi) is 6.85. The fourth-order valence-electron chi connectivity index (χ4n) is 1.91. The largest absolute Gasteiger partial charge is 0.493 e. The number of amides is 1. The average Bonchev–Trinajstić information content (AvgIpc) is 2.43. The second-order valence-corrected chi connectivity index (χ2v) is 8.23. The third-order valence-corrected chi connectivity index (χ3v) is 3.02. The Bertz CT molecular complexity index is 581. The normalized spacial score (nSPS) is 13.0. The Hall–Kier alpha value is -2.24. The van der Waals surface area contributed by atoms with Gasteiger partial charge in [-0.2, -0.15) is 0 Å². The maximum atomic E-state index is 11.8. The summed E-state index contributed by atoms with van der Waals surface area (Å²) in [5, 5.41) is 11.7. The average molecular weight is 351 g/mol.